The highest BCUT2D eigenvalue weighted by Gasteiger charge is 2.60. The number of hydrogen-bond acceptors (Lipinski definition) is 8. The van der Waals surface area contributed by atoms with Gasteiger partial charge in [-0.15, -0.1) is 11.8 Å². The highest BCUT2D eigenvalue weighted by Crippen LogP contribution is 2.51. The second kappa shape index (κ2) is 10.2. The van der Waals surface area contributed by atoms with Crippen molar-refractivity contribution in [3.63, 3.8) is 0 Å². The van der Waals surface area contributed by atoms with Gasteiger partial charge in [-0.1, -0.05) is 6.92 Å². The minimum Gasteiger partial charge on any atom is -0.477 e. The number of carbonyl (C=O) groups excluding carboxylic acids is 3. The molecule has 1 unspecified atom stereocenters. The van der Waals surface area contributed by atoms with Crippen LogP contribution in [0.4, 0.5) is 0 Å². The number of nitrogens with one attached hydrogen (secondary N) is 4. The van der Waals surface area contributed by atoms with Gasteiger partial charge in [0.2, 0.25) is 17.7 Å². The molecule has 4 aliphatic rings. The van der Waals surface area contributed by atoms with Crippen molar-refractivity contribution in [1.29, 1.82) is 0 Å². The summed E-state index contributed by atoms with van der Waals surface area (Å²) in [5.41, 5.74) is 0.0504. The quantitative estimate of drug-likeness (QED) is 0.252. The van der Waals surface area contributed by atoms with Crippen LogP contribution in [0, 0.1) is 11.8 Å². The van der Waals surface area contributed by atoms with Gasteiger partial charge in [-0.3, -0.25) is 14.4 Å². The number of carboxylic acid groups (broad SMARTS) is 1. The first-order valence-corrected chi connectivity index (χ1v) is 12.8. The van der Waals surface area contributed by atoms with E-state index < -0.39 is 17.9 Å². The van der Waals surface area contributed by atoms with Crippen molar-refractivity contribution in [2.24, 2.45) is 11.8 Å². The Labute approximate surface area is 203 Å². The fraction of sp³-hybridized carbons (Fsp3) is 0.727. The molecule has 0 aromatic carbocycles. The molecule has 5 N–H and O–H groups in total. The molecule has 0 bridgehead atoms. The SMILES string of the molecule is CNCC(=O)NC(C)[C@H]1C(=O)N2C(C(=O)O)=C(S[C@@H]3CN[C@H](C(=O)N4CCNCC4)C3)[C@H](C)[C@H]12. The van der Waals surface area contributed by atoms with E-state index in [1.807, 2.05) is 11.8 Å². The van der Waals surface area contributed by atoms with Gasteiger partial charge >= 0.3 is 5.97 Å². The molecule has 188 valence electrons. The summed E-state index contributed by atoms with van der Waals surface area (Å²) >= 11 is 1.47. The number of hydrogen-bond donors (Lipinski definition) is 5. The van der Waals surface area contributed by atoms with E-state index in [-0.39, 0.29) is 53.2 Å². The Morgan fingerprint density at radius 2 is 1.97 bits per heavy atom. The third kappa shape index (κ3) is 4.56. The van der Waals surface area contributed by atoms with Gasteiger partial charge in [0.25, 0.3) is 0 Å². The molecule has 11 nitrogen and oxygen atoms in total. The summed E-state index contributed by atoms with van der Waals surface area (Å²) in [6.07, 6.45) is 0.620. The summed E-state index contributed by atoms with van der Waals surface area (Å²) < 4.78 is 0. The Hall–Kier alpha value is -2.15. The number of piperazine rings is 1. The molecule has 0 aromatic rings. The van der Waals surface area contributed by atoms with Gasteiger partial charge in [0.1, 0.15) is 5.70 Å². The van der Waals surface area contributed by atoms with E-state index in [9.17, 15) is 24.3 Å². The monoisotopic (exact) mass is 494 g/mol. The number of thioether (sulfide) groups is 1. The maximum absolute atomic E-state index is 13.0. The number of carboxylic acids is 1. The van der Waals surface area contributed by atoms with Crippen LogP contribution in [-0.2, 0) is 19.2 Å². The van der Waals surface area contributed by atoms with Crippen molar-refractivity contribution in [3.8, 4) is 0 Å². The van der Waals surface area contributed by atoms with Crippen LogP contribution in [0.2, 0.25) is 0 Å². The van der Waals surface area contributed by atoms with Gasteiger partial charge in [-0.05, 0) is 20.4 Å². The predicted octanol–water partition coefficient (Wildman–Crippen LogP) is -1.62. The fourth-order valence-electron chi connectivity index (χ4n) is 5.52. The Balaban J connectivity index is 1.43. The molecule has 0 spiro atoms. The number of carbonyl (C=O) groups is 4. The molecule has 34 heavy (non-hydrogen) atoms. The molecule has 12 heteroatoms. The van der Waals surface area contributed by atoms with Gasteiger partial charge in [-0.2, -0.15) is 0 Å². The third-order valence-electron chi connectivity index (χ3n) is 7.17. The highest BCUT2D eigenvalue weighted by atomic mass is 32.2. The van der Waals surface area contributed by atoms with E-state index in [2.05, 4.69) is 21.3 Å². The number of β-lactam (4-membered cyclic amide) rings is 1. The number of fused-ring (bicyclic) bond motifs is 1. The molecule has 3 amide bonds. The van der Waals surface area contributed by atoms with E-state index in [4.69, 9.17) is 0 Å². The number of likely N-dealkylation sites (N-methyl/N-ethyl adjacent to an activating group) is 1. The van der Waals surface area contributed by atoms with Crippen LogP contribution in [0.25, 0.3) is 0 Å². The summed E-state index contributed by atoms with van der Waals surface area (Å²) in [4.78, 5) is 53.9. The molecule has 0 saturated carbocycles. The van der Waals surface area contributed by atoms with Crippen LogP contribution in [-0.4, -0.2) is 108 Å². The van der Waals surface area contributed by atoms with Crippen LogP contribution in [0.5, 0.6) is 0 Å². The average Bonchev–Trinajstić information content (AvgIpc) is 3.36. The standard InChI is InChI=1S/C22H34N6O5S/c1-11-17-16(12(2)26-15(29)10-23-3)21(31)28(17)18(22(32)33)19(11)34-13-8-14(25-9-13)20(30)27-6-4-24-5-7-27/h11-14,16-17,23-25H,4-10H2,1-3H3,(H,26,29)(H,32,33)/t11-,12?,13+,14+,16-,17-/m1/s1. The van der Waals surface area contributed by atoms with E-state index in [0.717, 1.165) is 13.1 Å². The molecule has 4 heterocycles. The number of rotatable bonds is 8. The Morgan fingerprint density at radius 3 is 2.62 bits per heavy atom. The van der Waals surface area contributed by atoms with Crippen molar-refractivity contribution >= 4 is 35.5 Å². The molecule has 0 aromatic heterocycles. The maximum atomic E-state index is 13.0. The summed E-state index contributed by atoms with van der Waals surface area (Å²) in [6, 6.07) is -0.959. The second-order valence-electron chi connectivity index (χ2n) is 9.43. The summed E-state index contributed by atoms with van der Waals surface area (Å²) in [6.45, 7) is 7.48. The lowest BCUT2D eigenvalue weighted by molar-refractivity contribution is -0.158. The average molecular weight is 495 g/mol. The molecule has 4 rings (SSSR count). The molecular formula is C22H34N6O5S. The van der Waals surface area contributed by atoms with Crippen molar-refractivity contribution in [1.82, 2.24) is 31.1 Å². The minimum atomic E-state index is -1.12. The number of aliphatic carboxylic acids is 1. The van der Waals surface area contributed by atoms with Crippen LogP contribution < -0.4 is 21.3 Å². The Morgan fingerprint density at radius 1 is 1.26 bits per heavy atom. The zero-order chi connectivity index (χ0) is 24.6. The molecule has 0 radical (unpaired) electrons. The Kier molecular flexibility index (Phi) is 7.51. The van der Waals surface area contributed by atoms with Crippen LogP contribution >= 0.6 is 11.8 Å². The first kappa shape index (κ1) is 25.0. The fourth-order valence-corrected chi connectivity index (χ4v) is 7.00. The van der Waals surface area contributed by atoms with Crippen molar-refractivity contribution < 1.29 is 24.3 Å². The van der Waals surface area contributed by atoms with Gasteiger partial charge in [-0.25, -0.2) is 4.79 Å². The molecule has 4 aliphatic heterocycles. The molecule has 3 fully saturated rings. The van der Waals surface area contributed by atoms with E-state index in [1.165, 1.54) is 16.7 Å². The van der Waals surface area contributed by atoms with Crippen LogP contribution in [0.1, 0.15) is 20.3 Å². The molecular weight excluding hydrogens is 460 g/mol. The van der Waals surface area contributed by atoms with E-state index in [0.29, 0.717) is 31.0 Å². The number of nitrogens with zero attached hydrogens (tertiary/aromatic N) is 2. The summed E-state index contributed by atoms with van der Waals surface area (Å²) in [7, 11) is 1.67. The number of amides is 3. The zero-order valence-electron chi connectivity index (χ0n) is 19.8. The lowest BCUT2D eigenvalue weighted by atomic mass is 9.78. The topological polar surface area (TPSA) is 143 Å². The maximum Gasteiger partial charge on any atom is 0.353 e. The first-order chi connectivity index (χ1) is 16.2. The molecule has 6 atom stereocenters. The normalized spacial score (nSPS) is 31.9. The van der Waals surface area contributed by atoms with Crippen molar-refractivity contribution in [3.05, 3.63) is 10.6 Å². The smallest absolute Gasteiger partial charge is 0.353 e. The molecule has 0 aliphatic carbocycles. The highest BCUT2D eigenvalue weighted by molar-refractivity contribution is 8.03. The lowest BCUT2D eigenvalue weighted by Gasteiger charge is -2.47. The minimum absolute atomic E-state index is 0.0451. The lowest BCUT2D eigenvalue weighted by Crippen LogP contribution is -2.66. The first-order valence-electron chi connectivity index (χ1n) is 11.9. The van der Waals surface area contributed by atoms with Crippen molar-refractivity contribution in [2.45, 2.75) is 43.6 Å². The van der Waals surface area contributed by atoms with Gasteiger partial charge in [0.05, 0.1) is 24.5 Å². The van der Waals surface area contributed by atoms with Crippen LogP contribution in [0.15, 0.2) is 10.6 Å². The summed E-state index contributed by atoms with van der Waals surface area (Å²) in [5, 5.41) is 22.2. The van der Waals surface area contributed by atoms with Crippen LogP contribution in [0.3, 0.4) is 0 Å². The van der Waals surface area contributed by atoms with Gasteiger partial charge < -0.3 is 36.2 Å². The second-order valence-corrected chi connectivity index (χ2v) is 10.8. The van der Waals surface area contributed by atoms with Gasteiger partial charge in [0.15, 0.2) is 0 Å². The summed E-state index contributed by atoms with van der Waals surface area (Å²) in [5.74, 6) is -2.11. The van der Waals surface area contributed by atoms with Gasteiger partial charge in [0, 0.05) is 54.8 Å². The third-order valence-corrected chi connectivity index (χ3v) is 8.68. The predicted molar refractivity (Wildman–Crippen MR) is 127 cm³/mol. The Bertz CT molecular complexity index is 891. The van der Waals surface area contributed by atoms with E-state index >= 15 is 0 Å². The van der Waals surface area contributed by atoms with Crippen molar-refractivity contribution in [2.75, 3.05) is 46.3 Å². The largest absolute Gasteiger partial charge is 0.477 e. The zero-order valence-corrected chi connectivity index (χ0v) is 20.6. The van der Waals surface area contributed by atoms with E-state index in [1.54, 1.807) is 14.0 Å². The molecule has 3 saturated heterocycles.